The summed E-state index contributed by atoms with van der Waals surface area (Å²) in [6.45, 7) is 5.21. The van der Waals surface area contributed by atoms with Crippen molar-refractivity contribution in [1.29, 1.82) is 0 Å². The molecule has 30 heavy (non-hydrogen) atoms. The number of amides is 1. The Morgan fingerprint density at radius 1 is 1.03 bits per heavy atom. The third kappa shape index (κ3) is 5.36. The quantitative estimate of drug-likeness (QED) is 0.470. The smallest absolute Gasteiger partial charge is 0.387 e. The third-order valence-corrected chi connectivity index (χ3v) is 5.44. The number of benzene rings is 2. The predicted molar refractivity (Wildman–Crippen MR) is 115 cm³/mol. The largest absolute Gasteiger partial charge is 0.488 e. The van der Waals surface area contributed by atoms with Gasteiger partial charge in [-0.05, 0) is 68.0 Å². The number of rotatable bonds is 7. The van der Waals surface area contributed by atoms with Crippen LogP contribution in [0.2, 0.25) is 0 Å². The molecule has 1 heterocycles. The van der Waals surface area contributed by atoms with Gasteiger partial charge in [0.1, 0.15) is 18.1 Å². The molecule has 1 amide bonds. The lowest BCUT2D eigenvalue weighted by molar-refractivity contribution is -0.0493. The van der Waals surface area contributed by atoms with Crippen molar-refractivity contribution < 1.29 is 23.0 Å². The number of hydrogen-bond donors (Lipinski definition) is 1. The second kappa shape index (κ2) is 9.26. The molecule has 3 aromatic rings. The van der Waals surface area contributed by atoms with Gasteiger partial charge in [0.25, 0.3) is 5.91 Å². The van der Waals surface area contributed by atoms with Crippen LogP contribution in [0, 0.1) is 27.7 Å². The molecular weight excluding hydrogens is 408 g/mol. The molecule has 0 unspecified atom stereocenters. The predicted octanol–water partition coefficient (Wildman–Crippen LogP) is 6.41. The number of ether oxygens (including phenoxy) is 2. The first-order valence-electron chi connectivity index (χ1n) is 9.38. The summed E-state index contributed by atoms with van der Waals surface area (Å²) in [7, 11) is 0. The number of aryl methyl sites for hydroxylation is 4. The Balaban J connectivity index is 1.69. The van der Waals surface area contributed by atoms with Gasteiger partial charge in [-0.2, -0.15) is 8.78 Å². The lowest BCUT2D eigenvalue weighted by Gasteiger charge is -2.12. The van der Waals surface area contributed by atoms with Crippen LogP contribution in [0.1, 0.15) is 37.5 Å². The molecule has 0 atom stereocenters. The van der Waals surface area contributed by atoms with E-state index in [1.165, 1.54) is 23.0 Å². The Hall–Kier alpha value is -2.93. The molecule has 1 aromatic heterocycles. The fourth-order valence-corrected chi connectivity index (χ4v) is 4.04. The van der Waals surface area contributed by atoms with Crippen LogP contribution in [-0.2, 0) is 6.61 Å². The first-order chi connectivity index (χ1) is 14.2. The fraction of sp³-hybridized carbons (Fsp3) is 0.261. The maximum absolute atomic E-state index is 12.6. The van der Waals surface area contributed by atoms with Crippen LogP contribution in [0.15, 0.2) is 41.8 Å². The number of halogens is 2. The summed E-state index contributed by atoms with van der Waals surface area (Å²) in [5.41, 5.74) is 5.18. The lowest BCUT2D eigenvalue weighted by Crippen LogP contribution is -2.13. The molecular formula is C23H23F2NO3S. The molecule has 158 valence electrons. The maximum atomic E-state index is 12.6. The highest BCUT2D eigenvalue weighted by atomic mass is 32.1. The first-order valence-corrected chi connectivity index (χ1v) is 10.3. The van der Waals surface area contributed by atoms with Gasteiger partial charge in [-0.25, -0.2) is 0 Å². The Morgan fingerprint density at radius 3 is 2.40 bits per heavy atom. The molecule has 1 N–H and O–H groups in total. The Bertz CT molecular complexity index is 1040. The average Bonchev–Trinajstić information content (AvgIpc) is 3.12. The molecule has 0 aliphatic carbocycles. The summed E-state index contributed by atoms with van der Waals surface area (Å²) in [5.74, 6) is 0.374. The first kappa shape index (κ1) is 21.8. The number of alkyl halides is 2. The van der Waals surface area contributed by atoms with Crippen molar-refractivity contribution in [2.75, 3.05) is 5.32 Å². The minimum atomic E-state index is -2.97. The van der Waals surface area contributed by atoms with Crippen LogP contribution in [0.5, 0.6) is 11.5 Å². The second-order valence-corrected chi connectivity index (χ2v) is 8.08. The topological polar surface area (TPSA) is 47.6 Å². The molecule has 0 aliphatic heterocycles. The number of anilines is 1. The number of nitrogens with one attached hydrogen (secondary N) is 1. The highest BCUT2D eigenvalue weighted by molar-refractivity contribution is 7.12. The average molecular weight is 432 g/mol. The van der Waals surface area contributed by atoms with Gasteiger partial charge in [-0.1, -0.05) is 23.8 Å². The molecule has 0 saturated heterocycles. The van der Waals surface area contributed by atoms with Gasteiger partial charge in [0, 0.05) is 5.56 Å². The van der Waals surface area contributed by atoms with E-state index in [4.69, 9.17) is 4.74 Å². The molecule has 0 radical (unpaired) electrons. The van der Waals surface area contributed by atoms with E-state index in [2.05, 4.69) is 22.2 Å². The molecule has 0 saturated carbocycles. The van der Waals surface area contributed by atoms with Crippen LogP contribution in [-0.4, -0.2) is 12.5 Å². The van der Waals surface area contributed by atoms with Crippen molar-refractivity contribution in [1.82, 2.24) is 0 Å². The molecule has 0 spiro atoms. The molecule has 0 fully saturated rings. The Morgan fingerprint density at radius 2 is 1.73 bits per heavy atom. The minimum Gasteiger partial charge on any atom is -0.488 e. The highest BCUT2D eigenvalue weighted by Gasteiger charge is 2.15. The number of carbonyl (C=O) groups excluding carboxylic acids is 1. The molecule has 2 aromatic carbocycles. The van der Waals surface area contributed by atoms with Crippen molar-refractivity contribution in [3.05, 3.63) is 74.5 Å². The van der Waals surface area contributed by atoms with Gasteiger partial charge in [0.15, 0.2) is 0 Å². The summed E-state index contributed by atoms with van der Waals surface area (Å²) in [4.78, 5) is 13.1. The number of thiophene rings is 1. The molecule has 4 nitrogen and oxygen atoms in total. The summed E-state index contributed by atoms with van der Waals surface area (Å²) in [5, 5.41) is 4.50. The van der Waals surface area contributed by atoms with E-state index in [1.54, 1.807) is 25.1 Å². The van der Waals surface area contributed by atoms with E-state index >= 15 is 0 Å². The zero-order chi connectivity index (χ0) is 21.8. The van der Waals surface area contributed by atoms with Crippen molar-refractivity contribution in [2.24, 2.45) is 0 Å². The molecule has 0 bridgehead atoms. The molecule has 7 heteroatoms. The Kier molecular flexibility index (Phi) is 6.72. The van der Waals surface area contributed by atoms with Gasteiger partial charge in [0.05, 0.1) is 10.6 Å². The normalized spacial score (nSPS) is 10.9. The van der Waals surface area contributed by atoms with Crippen LogP contribution >= 0.6 is 11.3 Å². The molecule has 3 rings (SSSR count). The van der Waals surface area contributed by atoms with E-state index in [-0.39, 0.29) is 11.4 Å². The SMILES string of the molecule is Cc1cc(C)c(OCc2csc(C(=O)Nc3cc(C)ccc3OC(F)F)c2)c(C)c1. The maximum Gasteiger partial charge on any atom is 0.387 e. The van der Waals surface area contributed by atoms with Crippen LogP contribution in [0.3, 0.4) is 0 Å². The number of carbonyl (C=O) groups is 1. The van der Waals surface area contributed by atoms with E-state index in [0.717, 1.165) is 28.0 Å². The summed E-state index contributed by atoms with van der Waals surface area (Å²) in [6, 6.07) is 10.5. The minimum absolute atomic E-state index is 0.0746. The van der Waals surface area contributed by atoms with E-state index in [1.807, 2.05) is 26.2 Å². The van der Waals surface area contributed by atoms with E-state index < -0.39 is 12.5 Å². The fourth-order valence-electron chi connectivity index (χ4n) is 3.24. The van der Waals surface area contributed by atoms with E-state index in [9.17, 15) is 13.6 Å². The van der Waals surface area contributed by atoms with Crippen LogP contribution in [0.25, 0.3) is 0 Å². The van der Waals surface area contributed by atoms with Crippen molar-refractivity contribution in [3.63, 3.8) is 0 Å². The van der Waals surface area contributed by atoms with Crippen molar-refractivity contribution in [2.45, 2.75) is 40.9 Å². The molecule has 0 aliphatic rings. The Labute approximate surface area is 178 Å². The zero-order valence-corrected chi connectivity index (χ0v) is 18.0. The number of hydrogen-bond acceptors (Lipinski definition) is 4. The van der Waals surface area contributed by atoms with Gasteiger partial charge < -0.3 is 14.8 Å². The van der Waals surface area contributed by atoms with Crippen molar-refractivity contribution >= 4 is 22.9 Å². The van der Waals surface area contributed by atoms with Gasteiger partial charge in [-0.15, -0.1) is 11.3 Å². The summed E-state index contributed by atoms with van der Waals surface area (Å²) < 4.78 is 35.7. The second-order valence-electron chi connectivity index (χ2n) is 7.17. The van der Waals surface area contributed by atoms with Gasteiger partial charge in [-0.3, -0.25) is 4.79 Å². The summed E-state index contributed by atoms with van der Waals surface area (Å²) >= 11 is 1.27. The zero-order valence-electron chi connectivity index (χ0n) is 17.2. The van der Waals surface area contributed by atoms with Crippen LogP contribution in [0.4, 0.5) is 14.5 Å². The van der Waals surface area contributed by atoms with Crippen LogP contribution < -0.4 is 14.8 Å². The lowest BCUT2D eigenvalue weighted by atomic mass is 10.1. The highest BCUT2D eigenvalue weighted by Crippen LogP contribution is 2.29. The van der Waals surface area contributed by atoms with Crippen molar-refractivity contribution in [3.8, 4) is 11.5 Å². The van der Waals surface area contributed by atoms with E-state index in [0.29, 0.717) is 11.5 Å². The monoisotopic (exact) mass is 431 g/mol. The standard InChI is InChI=1S/C23H23F2NO3S/c1-13-5-6-19(29-23(24)25)18(9-13)26-22(27)20-10-17(12-30-20)11-28-21-15(3)7-14(2)8-16(21)4/h5-10,12,23H,11H2,1-4H3,(H,26,27). The third-order valence-electron chi connectivity index (χ3n) is 4.46. The summed E-state index contributed by atoms with van der Waals surface area (Å²) in [6.07, 6.45) is 0. The van der Waals surface area contributed by atoms with Gasteiger partial charge >= 0.3 is 6.61 Å². The van der Waals surface area contributed by atoms with Gasteiger partial charge in [0.2, 0.25) is 0 Å².